The molecule has 4 heterocycles. The van der Waals surface area contributed by atoms with Gasteiger partial charge in [-0.2, -0.15) is 0 Å². The fourth-order valence-electron chi connectivity index (χ4n) is 11.0. The van der Waals surface area contributed by atoms with Gasteiger partial charge in [0.05, 0.1) is 0 Å². The second-order valence-electron chi connectivity index (χ2n) is 17.4. The summed E-state index contributed by atoms with van der Waals surface area (Å²) < 4.78 is 27.8. The summed E-state index contributed by atoms with van der Waals surface area (Å²) in [4.78, 5) is 0. The van der Waals surface area contributed by atoms with Gasteiger partial charge in [0, 0.05) is 54.2 Å². The second kappa shape index (κ2) is 13.3. The molecule has 4 heteroatoms. The van der Waals surface area contributed by atoms with E-state index in [9.17, 15) is 0 Å². The average Bonchev–Trinajstić information content (AvgIpc) is 4.15. The Bertz CT molecular complexity index is 4210. The van der Waals surface area contributed by atoms with Gasteiger partial charge in [0.1, 0.15) is 44.7 Å². The normalized spacial score (nSPS) is 12.2. The Morgan fingerprint density at radius 1 is 0.197 bits per heavy atom. The molecule has 0 N–H and O–H groups in total. The van der Waals surface area contributed by atoms with Crippen LogP contribution in [0.4, 0.5) is 0 Å². The molecule has 0 radical (unpaired) electrons. The van der Waals surface area contributed by atoms with E-state index >= 15 is 0 Å². The molecule has 11 aromatic carbocycles. The summed E-state index contributed by atoms with van der Waals surface area (Å²) >= 11 is 0. The number of furan rings is 4. The third kappa shape index (κ3) is 4.93. The van der Waals surface area contributed by atoms with Gasteiger partial charge < -0.3 is 17.7 Å². The third-order valence-electron chi connectivity index (χ3n) is 13.9. The number of benzene rings is 11. The van der Waals surface area contributed by atoms with E-state index < -0.39 is 0 Å². The third-order valence-corrected chi connectivity index (χ3v) is 13.9. The molecule has 0 atom stereocenters. The van der Waals surface area contributed by atoms with Crippen molar-refractivity contribution in [1.82, 2.24) is 0 Å². The molecule has 0 aliphatic heterocycles. The van der Waals surface area contributed by atoms with Crippen LogP contribution in [-0.2, 0) is 0 Å². The van der Waals surface area contributed by atoms with Crippen LogP contribution in [0, 0.1) is 0 Å². The monoisotopic (exact) mass is 842 g/mol. The quantitative estimate of drug-likeness (QED) is 0.177. The van der Waals surface area contributed by atoms with E-state index in [1.54, 1.807) is 0 Å². The van der Waals surface area contributed by atoms with Crippen LogP contribution in [0.2, 0.25) is 0 Å². The van der Waals surface area contributed by atoms with Crippen LogP contribution in [-0.4, -0.2) is 0 Å². The summed E-state index contributed by atoms with van der Waals surface area (Å²) in [6.45, 7) is 0. The maximum atomic E-state index is 7.04. The van der Waals surface area contributed by atoms with Crippen LogP contribution in [0.3, 0.4) is 0 Å². The summed E-state index contributed by atoms with van der Waals surface area (Å²) in [6.07, 6.45) is 0. The van der Waals surface area contributed by atoms with Crippen molar-refractivity contribution in [3.63, 3.8) is 0 Å². The molecule has 0 saturated heterocycles. The molecule has 4 nitrogen and oxygen atoms in total. The molecule has 0 bridgehead atoms. The van der Waals surface area contributed by atoms with Gasteiger partial charge in [-0.05, 0) is 91.3 Å². The van der Waals surface area contributed by atoms with Crippen molar-refractivity contribution in [2.24, 2.45) is 0 Å². The molecule has 0 spiro atoms. The van der Waals surface area contributed by atoms with Crippen LogP contribution >= 0.6 is 0 Å². The number of para-hydroxylation sites is 2. The Hall–Kier alpha value is -8.86. The maximum Gasteiger partial charge on any atom is 0.144 e. The van der Waals surface area contributed by atoms with Gasteiger partial charge in [0.2, 0.25) is 0 Å². The van der Waals surface area contributed by atoms with Crippen LogP contribution in [0.15, 0.2) is 224 Å². The van der Waals surface area contributed by atoms with E-state index in [0.29, 0.717) is 0 Å². The number of fused-ring (bicyclic) bond motifs is 16. The van der Waals surface area contributed by atoms with E-state index in [-0.39, 0.29) is 0 Å². The van der Waals surface area contributed by atoms with Crippen molar-refractivity contribution in [1.29, 1.82) is 0 Å². The molecule has 0 amide bonds. The summed E-state index contributed by atoms with van der Waals surface area (Å²) in [5.74, 6) is 0. The number of hydrogen-bond donors (Lipinski definition) is 0. The van der Waals surface area contributed by atoms with E-state index in [0.717, 1.165) is 121 Å². The molecular formula is C62H34O4. The molecule has 0 aliphatic carbocycles. The molecule has 306 valence electrons. The van der Waals surface area contributed by atoms with Crippen LogP contribution in [0.1, 0.15) is 0 Å². The lowest BCUT2D eigenvalue weighted by Crippen LogP contribution is -1.87. The van der Waals surface area contributed by atoms with E-state index in [1.165, 1.54) is 33.0 Å². The number of hydrogen-bond acceptors (Lipinski definition) is 4. The molecule has 4 aromatic heterocycles. The van der Waals surface area contributed by atoms with Crippen molar-refractivity contribution in [3.05, 3.63) is 206 Å². The largest absolute Gasteiger partial charge is 0.456 e. The van der Waals surface area contributed by atoms with Gasteiger partial charge in [-0.15, -0.1) is 0 Å². The average molecular weight is 843 g/mol. The Labute approximate surface area is 376 Å². The van der Waals surface area contributed by atoms with Crippen LogP contribution in [0.25, 0.3) is 154 Å². The Morgan fingerprint density at radius 3 is 0.970 bits per heavy atom. The van der Waals surface area contributed by atoms with E-state index in [4.69, 9.17) is 17.7 Å². The predicted molar refractivity (Wildman–Crippen MR) is 272 cm³/mol. The lowest BCUT2D eigenvalue weighted by Gasteiger charge is -2.13. The highest BCUT2D eigenvalue weighted by molar-refractivity contribution is 6.33. The fraction of sp³-hybridized carbons (Fsp3) is 0. The lowest BCUT2D eigenvalue weighted by atomic mass is 9.90. The van der Waals surface area contributed by atoms with Gasteiger partial charge in [0.25, 0.3) is 0 Å². The highest BCUT2D eigenvalue weighted by Crippen LogP contribution is 2.50. The Balaban J connectivity index is 1.00. The van der Waals surface area contributed by atoms with Crippen molar-refractivity contribution >= 4 is 109 Å². The van der Waals surface area contributed by atoms with Gasteiger partial charge in [0.15, 0.2) is 0 Å². The minimum Gasteiger partial charge on any atom is -0.456 e. The van der Waals surface area contributed by atoms with Gasteiger partial charge >= 0.3 is 0 Å². The van der Waals surface area contributed by atoms with Crippen LogP contribution in [0.5, 0.6) is 0 Å². The molecule has 0 aliphatic rings. The summed E-state index contributed by atoms with van der Waals surface area (Å²) in [5.41, 5.74) is 15.4. The Kier molecular flexibility index (Phi) is 7.19. The minimum atomic E-state index is 0.778. The first-order chi connectivity index (χ1) is 32.7. The zero-order chi connectivity index (χ0) is 43.0. The molecule has 15 rings (SSSR count). The number of rotatable bonds is 4. The van der Waals surface area contributed by atoms with E-state index in [1.807, 2.05) is 12.1 Å². The topological polar surface area (TPSA) is 52.6 Å². The maximum absolute atomic E-state index is 7.04. The molecule has 0 unspecified atom stereocenters. The lowest BCUT2D eigenvalue weighted by molar-refractivity contribution is 0.661. The highest BCUT2D eigenvalue weighted by Gasteiger charge is 2.26. The Morgan fingerprint density at radius 2 is 0.545 bits per heavy atom. The first-order valence-corrected chi connectivity index (χ1v) is 22.4. The molecule has 0 fully saturated rings. The van der Waals surface area contributed by atoms with Crippen molar-refractivity contribution < 1.29 is 17.7 Å². The zero-order valence-electron chi connectivity index (χ0n) is 35.3. The summed E-state index contributed by atoms with van der Waals surface area (Å²) in [5, 5.41) is 12.8. The molecular weight excluding hydrogens is 809 g/mol. The highest BCUT2D eigenvalue weighted by atomic mass is 16.3. The minimum absolute atomic E-state index is 0.778. The van der Waals surface area contributed by atoms with Crippen molar-refractivity contribution in [2.75, 3.05) is 0 Å². The second-order valence-corrected chi connectivity index (χ2v) is 17.4. The molecule has 66 heavy (non-hydrogen) atoms. The summed E-state index contributed by atoms with van der Waals surface area (Å²) in [6, 6.07) is 72.7. The zero-order valence-corrected chi connectivity index (χ0v) is 35.3. The fourth-order valence-corrected chi connectivity index (χ4v) is 11.0. The first-order valence-electron chi connectivity index (χ1n) is 22.4. The van der Waals surface area contributed by atoms with Crippen LogP contribution < -0.4 is 0 Å². The van der Waals surface area contributed by atoms with Gasteiger partial charge in [-0.3, -0.25) is 0 Å². The van der Waals surface area contributed by atoms with E-state index in [2.05, 4.69) is 194 Å². The predicted octanol–water partition coefficient (Wildman–Crippen LogP) is 18.3. The smallest absolute Gasteiger partial charge is 0.144 e. The van der Waals surface area contributed by atoms with Crippen molar-refractivity contribution in [2.45, 2.75) is 0 Å². The molecule has 0 saturated carbocycles. The van der Waals surface area contributed by atoms with Crippen molar-refractivity contribution in [3.8, 4) is 44.5 Å². The van der Waals surface area contributed by atoms with Gasteiger partial charge in [-0.1, -0.05) is 170 Å². The SMILES string of the molecule is c1ccc(-c2ccc(-c3cc4oc5cc6c(cc5c4c4c3oc3ccccc34)oc3cc(-c4ccc(-c5ccccc5)c5ccccc45)c4oc5ccccc5c4c36)c3ccccc23)cc1. The summed E-state index contributed by atoms with van der Waals surface area (Å²) in [7, 11) is 0. The standard InChI is InChI=1S/C62H34O4/c1-3-15-35(16-4-1)37-27-29-43(41-21-9-7-19-39(37)41)47-31-55-57(59-45-23-11-13-25-51(45)65-61(47)59)49-33-54-50(34-53(49)63-55)58-56(64-54)32-48(62-60(58)46-24-12-14-26-52(46)66-62)44-30-28-38(36-17-5-2-6-18-36)40-20-8-10-22-42(40)44/h1-34H. The van der Waals surface area contributed by atoms with Gasteiger partial charge in [-0.25, -0.2) is 0 Å². The first kappa shape index (κ1) is 35.6. The molecule has 15 aromatic rings.